The first-order valence-corrected chi connectivity index (χ1v) is 8.91. The summed E-state index contributed by atoms with van der Waals surface area (Å²) >= 11 is 0. The summed E-state index contributed by atoms with van der Waals surface area (Å²) in [6, 6.07) is 6.94. The van der Waals surface area contributed by atoms with Crippen LogP contribution < -0.4 is 10.4 Å². The highest BCUT2D eigenvalue weighted by molar-refractivity contribution is 5.99. The van der Waals surface area contributed by atoms with Gasteiger partial charge in [-0.1, -0.05) is 5.57 Å². The molecule has 0 radical (unpaired) electrons. The molecule has 5 nitrogen and oxygen atoms in total. The standard InChI is InChI=1S/C21H22O5/c1-14(4-3-9-21(2)13-25-21)7-10-24-20-18-16(8-11-23-18)12-15-5-6-17(22)26-19(15)20/h5-8,11-12H,3-4,9-10,13H2,1-2H3/b14-7+. The van der Waals surface area contributed by atoms with Gasteiger partial charge in [0, 0.05) is 16.8 Å². The van der Waals surface area contributed by atoms with Crippen molar-refractivity contribution < 1.29 is 18.3 Å². The van der Waals surface area contributed by atoms with Crippen molar-refractivity contribution in [2.45, 2.75) is 38.7 Å². The minimum Gasteiger partial charge on any atom is -0.482 e. The molecule has 0 N–H and O–H groups in total. The molecule has 1 atom stereocenters. The van der Waals surface area contributed by atoms with Gasteiger partial charge in [0.05, 0.1) is 18.5 Å². The maximum Gasteiger partial charge on any atom is 0.336 e. The number of allylic oxidation sites excluding steroid dienone is 1. The Kier molecular flexibility index (Phi) is 4.32. The first-order valence-electron chi connectivity index (χ1n) is 8.91. The van der Waals surface area contributed by atoms with Crippen molar-refractivity contribution in [2.75, 3.05) is 13.2 Å². The zero-order valence-electron chi connectivity index (χ0n) is 15.0. The number of ether oxygens (including phenoxy) is 2. The SMILES string of the molecule is C/C(=C\COc1c2occc2cc2ccc(=O)oc12)CCCC1(C)CO1. The summed E-state index contributed by atoms with van der Waals surface area (Å²) < 4.78 is 22.3. The number of epoxide rings is 1. The van der Waals surface area contributed by atoms with Gasteiger partial charge in [-0.2, -0.15) is 0 Å². The minimum absolute atomic E-state index is 0.113. The summed E-state index contributed by atoms with van der Waals surface area (Å²) in [7, 11) is 0. The fourth-order valence-electron chi connectivity index (χ4n) is 3.12. The van der Waals surface area contributed by atoms with Gasteiger partial charge in [0.15, 0.2) is 11.2 Å². The fraction of sp³-hybridized carbons (Fsp3) is 0.381. The summed E-state index contributed by atoms with van der Waals surface area (Å²) in [5.74, 6) is 0.475. The predicted molar refractivity (Wildman–Crippen MR) is 99.7 cm³/mol. The average Bonchev–Trinajstić information content (AvgIpc) is 3.16. The van der Waals surface area contributed by atoms with Gasteiger partial charge in [0.1, 0.15) is 6.61 Å². The molecule has 1 aromatic carbocycles. The van der Waals surface area contributed by atoms with Crippen molar-refractivity contribution in [1.29, 1.82) is 0 Å². The number of hydrogen-bond acceptors (Lipinski definition) is 5. The van der Waals surface area contributed by atoms with Crippen LogP contribution in [-0.2, 0) is 4.74 Å². The molecule has 5 heteroatoms. The van der Waals surface area contributed by atoms with Gasteiger partial charge >= 0.3 is 5.63 Å². The van der Waals surface area contributed by atoms with Crippen molar-refractivity contribution in [3.05, 3.63) is 52.6 Å². The van der Waals surface area contributed by atoms with Crippen LogP contribution >= 0.6 is 0 Å². The Bertz CT molecular complexity index is 1020. The van der Waals surface area contributed by atoms with Crippen LogP contribution in [0.5, 0.6) is 5.75 Å². The molecule has 0 aliphatic carbocycles. The molecule has 2 aromatic heterocycles. The third-order valence-corrected chi connectivity index (χ3v) is 4.86. The third kappa shape index (κ3) is 3.53. The predicted octanol–water partition coefficient (Wildman–Crippen LogP) is 4.82. The summed E-state index contributed by atoms with van der Waals surface area (Å²) in [5, 5.41) is 1.73. The Morgan fingerprint density at radius 1 is 1.27 bits per heavy atom. The molecular weight excluding hydrogens is 332 g/mol. The lowest BCUT2D eigenvalue weighted by Gasteiger charge is -2.08. The van der Waals surface area contributed by atoms with Gasteiger partial charge in [-0.05, 0) is 57.4 Å². The summed E-state index contributed by atoms with van der Waals surface area (Å²) in [6.07, 6.45) is 6.87. The summed E-state index contributed by atoms with van der Waals surface area (Å²) in [6.45, 7) is 5.53. The van der Waals surface area contributed by atoms with Crippen LogP contribution in [0.15, 0.2) is 55.8 Å². The summed E-state index contributed by atoms with van der Waals surface area (Å²) in [5.41, 5.74) is 1.99. The minimum atomic E-state index is -0.407. The summed E-state index contributed by atoms with van der Waals surface area (Å²) in [4.78, 5) is 11.6. The monoisotopic (exact) mass is 354 g/mol. The Morgan fingerprint density at radius 2 is 2.08 bits per heavy atom. The zero-order valence-corrected chi connectivity index (χ0v) is 15.0. The second-order valence-corrected chi connectivity index (χ2v) is 7.17. The van der Waals surface area contributed by atoms with Crippen LogP contribution in [0.25, 0.3) is 21.9 Å². The second-order valence-electron chi connectivity index (χ2n) is 7.17. The number of rotatable bonds is 7. The lowest BCUT2D eigenvalue weighted by atomic mass is 10.0. The lowest BCUT2D eigenvalue weighted by Crippen LogP contribution is -2.03. The molecule has 1 saturated heterocycles. The molecule has 0 amide bonds. The van der Waals surface area contributed by atoms with Crippen molar-refractivity contribution in [1.82, 2.24) is 0 Å². The largest absolute Gasteiger partial charge is 0.482 e. The van der Waals surface area contributed by atoms with Gasteiger partial charge < -0.3 is 18.3 Å². The Morgan fingerprint density at radius 3 is 2.88 bits per heavy atom. The molecule has 1 unspecified atom stereocenters. The molecule has 3 aromatic rings. The van der Waals surface area contributed by atoms with E-state index in [4.69, 9.17) is 18.3 Å². The molecule has 3 heterocycles. The molecule has 0 saturated carbocycles. The maximum atomic E-state index is 11.6. The van der Waals surface area contributed by atoms with E-state index in [1.165, 1.54) is 11.6 Å². The highest BCUT2D eigenvalue weighted by atomic mass is 16.6. The van der Waals surface area contributed by atoms with Crippen molar-refractivity contribution >= 4 is 21.9 Å². The molecule has 26 heavy (non-hydrogen) atoms. The molecule has 4 rings (SSSR count). The Labute approximate surface area is 151 Å². The normalized spacial score (nSPS) is 20.0. The number of fused-ring (bicyclic) bond motifs is 2. The van der Waals surface area contributed by atoms with E-state index in [0.29, 0.717) is 23.5 Å². The van der Waals surface area contributed by atoms with Gasteiger partial charge in [0.25, 0.3) is 0 Å². The van der Waals surface area contributed by atoms with Crippen LogP contribution in [0, 0.1) is 0 Å². The van der Waals surface area contributed by atoms with Gasteiger partial charge in [-0.25, -0.2) is 4.79 Å². The quantitative estimate of drug-likeness (QED) is 0.346. The van der Waals surface area contributed by atoms with Crippen LogP contribution in [0.2, 0.25) is 0 Å². The van der Waals surface area contributed by atoms with E-state index in [0.717, 1.165) is 36.6 Å². The zero-order chi connectivity index (χ0) is 18.1. The van der Waals surface area contributed by atoms with Crippen molar-refractivity contribution in [3.8, 4) is 5.75 Å². The highest BCUT2D eigenvalue weighted by Crippen LogP contribution is 2.35. The van der Waals surface area contributed by atoms with Crippen LogP contribution in [0.4, 0.5) is 0 Å². The molecule has 1 aliphatic heterocycles. The number of hydrogen-bond donors (Lipinski definition) is 0. The van der Waals surface area contributed by atoms with E-state index in [1.54, 1.807) is 12.3 Å². The molecule has 1 fully saturated rings. The van der Waals surface area contributed by atoms with Crippen LogP contribution in [-0.4, -0.2) is 18.8 Å². The van der Waals surface area contributed by atoms with Gasteiger partial charge in [-0.15, -0.1) is 0 Å². The van der Waals surface area contributed by atoms with Gasteiger partial charge in [0.2, 0.25) is 5.75 Å². The smallest absolute Gasteiger partial charge is 0.336 e. The second kappa shape index (κ2) is 6.65. The Balaban J connectivity index is 1.50. The molecule has 1 aliphatic rings. The van der Waals surface area contributed by atoms with E-state index in [2.05, 4.69) is 19.9 Å². The first kappa shape index (κ1) is 16.9. The maximum absolute atomic E-state index is 11.6. The number of furan rings is 1. The molecule has 0 bridgehead atoms. The Hall–Kier alpha value is -2.53. The first-order chi connectivity index (χ1) is 12.5. The van der Waals surface area contributed by atoms with E-state index >= 15 is 0 Å². The van der Waals surface area contributed by atoms with E-state index in [9.17, 15) is 4.79 Å². The average molecular weight is 354 g/mol. The van der Waals surface area contributed by atoms with E-state index in [1.807, 2.05) is 12.1 Å². The van der Waals surface area contributed by atoms with Crippen molar-refractivity contribution in [2.24, 2.45) is 0 Å². The van der Waals surface area contributed by atoms with Crippen LogP contribution in [0.1, 0.15) is 33.1 Å². The van der Waals surface area contributed by atoms with Crippen molar-refractivity contribution in [3.63, 3.8) is 0 Å². The highest BCUT2D eigenvalue weighted by Gasteiger charge is 2.38. The van der Waals surface area contributed by atoms with Crippen LogP contribution in [0.3, 0.4) is 0 Å². The van der Waals surface area contributed by atoms with E-state index in [-0.39, 0.29) is 5.60 Å². The molecule has 0 spiro atoms. The topological polar surface area (TPSA) is 65.1 Å². The lowest BCUT2D eigenvalue weighted by molar-refractivity contribution is 0.304. The molecule has 136 valence electrons. The third-order valence-electron chi connectivity index (χ3n) is 4.86. The van der Waals surface area contributed by atoms with Gasteiger partial charge in [-0.3, -0.25) is 0 Å². The molecular formula is C21H22O5. The fourth-order valence-corrected chi connectivity index (χ4v) is 3.12. The number of benzene rings is 1. The van der Waals surface area contributed by atoms with E-state index < -0.39 is 5.63 Å².